The number of hydrogen-bond donors (Lipinski definition) is 0. The van der Waals surface area contributed by atoms with Crippen molar-refractivity contribution in [3.8, 4) is 0 Å². The molecular formula is C20H23FO6S. The van der Waals surface area contributed by atoms with Crippen molar-refractivity contribution in [3.63, 3.8) is 0 Å². The summed E-state index contributed by atoms with van der Waals surface area (Å²) in [5, 5.41) is 0. The highest BCUT2D eigenvalue weighted by atomic mass is 32.2. The molecule has 1 aliphatic heterocycles. The van der Waals surface area contributed by atoms with Crippen LogP contribution in [0.25, 0.3) is 0 Å². The summed E-state index contributed by atoms with van der Waals surface area (Å²) in [7, 11) is -2.86. The minimum atomic E-state index is -4.16. The number of hydrogen-bond acceptors (Lipinski definition) is 6. The Hall–Kier alpha value is -1.84. The number of ether oxygens (including phenoxy) is 3. The van der Waals surface area contributed by atoms with E-state index >= 15 is 0 Å². The summed E-state index contributed by atoms with van der Waals surface area (Å²) in [4.78, 5) is -0.0519. The molecule has 6 nitrogen and oxygen atoms in total. The molecule has 3 rings (SSSR count). The first-order valence-corrected chi connectivity index (χ1v) is 10.3. The molecular weight excluding hydrogens is 387 g/mol. The van der Waals surface area contributed by atoms with E-state index in [9.17, 15) is 12.8 Å². The number of halogens is 1. The summed E-state index contributed by atoms with van der Waals surface area (Å²) in [6.07, 6.45) is -5.28. The van der Waals surface area contributed by atoms with Gasteiger partial charge in [0.25, 0.3) is 10.1 Å². The van der Waals surface area contributed by atoms with Gasteiger partial charge in [-0.05, 0) is 24.6 Å². The Balaban J connectivity index is 1.63. The van der Waals surface area contributed by atoms with Gasteiger partial charge in [-0.1, -0.05) is 48.0 Å². The Morgan fingerprint density at radius 3 is 2.39 bits per heavy atom. The highest BCUT2D eigenvalue weighted by Crippen LogP contribution is 2.30. The Labute approximate surface area is 164 Å². The van der Waals surface area contributed by atoms with Crippen molar-refractivity contribution in [2.45, 2.75) is 43.1 Å². The van der Waals surface area contributed by atoms with E-state index in [-0.39, 0.29) is 18.1 Å². The van der Waals surface area contributed by atoms with E-state index < -0.39 is 34.8 Å². The van der Waals surface area contributed by atoms with Crippen LogP contribution in [0.5, 0.6) is 0 Å². The topological polar surface area (TPSA) is 71.1 Å². The second-order valence-electron chi connectivity index (χ2n) is 6.55. The molecule has 0 unspecified atom stereocenters. The minimum Gasteiger partial charge on any atom is -0.374 e. The lowest BCUT2D eigenvalue weighted by molar-refractivity contribution is -0.152. The van der Waals surface area contributed by atoms with Crippen LogP contribution in [0.3, 0.4) is 0 Å². The average molecular weight is 410 g/mol. The van der Waals surface area contributed by atoms with Crippen molar-refractivity contribution in [1.82, 2.24) is 0 Å². The van der Waals surface area contributed by atoms with Crippen molar-refractivity contribution in [1.29, 1.82) is 0 Å². The fourth-order valence-corrected chi connectivity index (χ4v) is 3.95. The van der Waals surface area contributed by atoms with E-state index in [0.717, 1.165) is 11.1 Å². The molecule has 0 aliphatic carbocycles. The molecule has 0 radical (unpaired) electrons. The molecule has 0 saturated carbocycles. The molecule has 152 valence electrons. The number of rotatable bonds is 8. The maximum atomic E-state index is 14.9. The zero-order valence-electron chi connectivity index (χ0n) is 15.7. The highest BCUT2D eigenvalue weighted by Gasteiger charge is 2.48. The summed E-state index contributed by atoms with van der Waals surface area (Å²) < 4.78 is 61.0. The lowest BCUT2D eigenvalue weighted by atomic mass is 10.2. The molecule has 0 aromatic heterocycles. The SMILES string of the molecule is CO[C@H]1O[C@H](COCc2ccccc2)[C@@H](F)[C@@H]1OS(=O)(=O)c1ccc(C)cc1. The van der Waals surface area contributed by atoms with Crippen LogP contribution in [0.15, 0.2) is 59.5 Å². The molecule has 1 aliphatic rings. The van der Waals surface area contributed by atoms with E-state index in [1.54, 1.807) is 12.1 Å². The van der Waals surface area contributed by atoms with Gasteiger partial charge in [-0.15, -0.1) is 0 Å². The molecule has 8 heteroatoms. The normalized spacial score (nSPS) is 25.1. The first kappa shape index (κ1) is 20.9. The predicted molar refractivity (Wildman–Crippen MR) is 99.9 cm³/mol. The molecule has 0 amide bonds. The van der Waals surface area contributed by atoms with E-state index in [1.165, 1.54) is 19.2 Å². The van der Waals surface area contributed by atoms with Gasteiger partial charge in [0, 0.05) is 7.11 Å². The smallest absolute Gasteiger partial charge is 0.297 e. The second kappa shape index (κ2) is 9.11. The predicted octanol–water partition coefficient (Wildman–Crippen LogP) is 3.00. The molecule has 2 aromatic rings. The maximum Gasteiger partial charge on any atom is 0.297 e. The molecule has 1 heterocycles. The average Bonchev–Trinajstić information content (AvgIpc) is 2.98. The lowest BCUT2D eigenvalue weighted by Crippen LogP contribution is -2.36. The Bertz CT molecular complexity index is 856. The summed E-state index contributed by atoms with van der Waals surface area (Å²) in [5.74, 6) is 0. The molecule has 4 atom stereocenters. The van der Waals surface area contributed by atoms with Gasteiger partial charge in [-0.25, -0.2) is 4.39 Å². The number of methoxy groups -OCH3 is 1. The molecule has 0 spiro atoms. The molecule has 1 fully saturated rings. The highest BCUT2D eigenvalue weighted by molar-refractivity contribution is 7.86. The largest absolute Gasteiger partial charge is 0.374 e. The van der Waals surface area contributed by atoms with Crippen LogP contribution >= 0.6 is 0 Å². The van der Waals surface area contributed by atoms with Gasteiger partial charge in [0.05, 0.1) is 18.1 Å². The molecule has 0 N–H and O–H groups in total. The van der Waals surface area contributed by atoms with Crippen LogP contribution in [0.1, 0.15) is 11.1 Å². The van der Waals surface area contributed by atoms with Crippen LogP contribution in [0, 0.1) is 6.92 Å². The van der Waals surface area contributed by atoms with Crippen molar-refractivity contribution in [2.24, 2.45) is 0 Å². The van der Waals surface area contributed by atoms with Crippen molar-refractivity contribution in [3.05, 3.63) is 65.7 Å². The van der Waals surface area contributed by atoms with Gasteiger partial charge in [0.15, 0.2) is 18.6 Å². The first-order chi connectivity index (χ1) is 13.4. The summed E-state index contributed by atoms with van der Waals surface area (Å²) >= 11 is 0. The van der Waals surface area contributed by atoms with E-state index in [0.29, 0.717) is 0 Å². The van der Waals surface area contributed by atoms with Crippen molar-refractivity contribution < 1.29 is 31.2 Å². The third kappa shape index (κ3) is 4.95. The van der Waals surface area contributed by atoms with E-state index in [1.807, 2.05) is 37.3 Å². The Morgan fingerprint density at radius 2 is 1.75 bits per heavy atom. The van der Waals surface area contributed by atoms with E-state index in [4.69, 9.17) is 18.4 Å². The van der Waals surface area contributed by atoms with Crippen LogP contribution < -0.4 is 0 Å². The molecule has 28 heavy (non-hydrogen) atoms. The van der Waals surface area contributed by atoms with Crippen molar-refractivity contribution >= 4 is 10.1 Å². The standard InChI is InChI=1S/C20H23FO6S/c1-14-8-10-16(11-9-14)28(22,23)27-19-18(21)17(26-20(19)24-2)13-25-12-15-6-4-3-5-7-15/h3-11,17-20H,12-13H2,1-2H3/t17-,18-,19+,20+/m1/s1. The van der Waals surface area contributed by atoms with Gasteiger partial charge < -0.3 is 14.2 Å². The number of alkyl halides is 1. The fourth-order valence-electron chi connectivity index (χ4n) is 2.88. The number of benzene rings is 2. The Kier molecular flexibility index (Phi) is 6.79. The summed E-state index contributed by atoms with van der Waals surface area (Å²) in [6, 6.07) is 15.5. The van der Waals surface area contributed by atoms with Crippen molar-refractivity contribution in [2.75, 3.05) is 13.7 Å². The Morgan fingerprint density at radius 1 is 1.07 bits per heavy atom. The lowest BCUT2D eigenvalue weighted by Gasteiger charge is -2.18. The summed E-state index contributed by atoms with van der Waals surface area (Å²) in [6.45, 7) is 2.07. The maximum absolute atomic E-state index is 14.9. The minimum absolute atomic E-state index is 0.0519. The fraction of sp³-hybridized carbons (Fsp3) is 0.400. The van der Waals surface area contributed by atoms with Crippen LogP contribution in [-0.2, 0) is 35.1 Å². The van der Waals surface area contributed by atoms with Gasteiger partial charge in [-0.3, -0.25) is 4.18 Å². The van der Waals surface area contributed by atoms with Gasteiger partial charge in [0.1, 0.15) is 6.10 Å². The second-order valence-corrected chi connectivity index (χ2v) is 8.12. The number of aryl methyl sites for hydroxylation is 1. The quantitative estimate of drug-likeness (QED) is 0.623. The zero-order chi connectivity index (χ0) is 20.1. The first-order valence-electron chi connectivity index (χ1n) is 8.84. The van der Waals surface area contributed by atoms with Gasteiger partial charge >= 0.3 is 0 Å². The van der Waals surface area contributed by atoms with Gasteiger partial charge in [-0.2, -0.15) is 8.42 Å². The molecule has 1 saturated heterocycles. The van der Waals surface area contributed by atoms with Crippen LogP contribution in [-0.4, -0.2) is 46.8 Å². The van der Waals surface area contributed by atoms with Crippen LogP contribution in [0.2, 0.25) is 0 Å². The van der Waals surface area contributed by atoms with Gasteiger partial charge in [0.2, 0.25) is 0 Å². The molecule has 0 bridgehead atoms. The third-order valence-electron chi connectivity index (χ3n) is 4.42. The van der Waals surface area contributed by atoms with E-state index in [2.05, 4.69) is 0 Å². The molecule has 2 aromatic carbocycles. The third-order valence-corrected chi connectivity index (χ3v) is 5.74. The summed E-state index contributed by atoms with van der Waals surface area (Å²) in [5.41, 5.74) is 1.84. The monoisotopic (exact) mass is 410 g/mol. The van der Waals surface area contributed by atoms with Crippen LogP contribution in [0.4, 0.5) is 4.39 Å². The zero-order valence-corrected chi connectivity index (χ0v) is 16.5.